The Bertz CT molecular complexity index is 689. The molecule has 1 aliphatic rings. The first kappa shape index (κ1) is 13.5. The van der Waals surface area contributed by atoms with Gasteiger partial charge in [-0.2, -0.15) is 0 Å². The summed E-state index contributed by atoms with van der Waals surface area (Å²) in [6.45, 7) is 2.02. The number of hydrogen-bond donors (Lipinski definition) is 0. The number of esters is 1. The third kappa shape index (κ3) is 2.23. The first-order valence-electron chi connectivity index (χ1n) is 6.67. The monoisotopic (exact) mass is 284 g/mol. The van der Waals surface area contributed by atoms with Crippen molar-refractivity contribution in [1.29, 1.82) is 0 Å². The molecule has 0 saturated heterocycles. The van der Waals surface area contributed by atoms with E-state index in [0.717, 1.165) is 16.7 Å². The van der Waals surface area contributed by atoms with Crippen LogP contribution in [0.3, 0.4) is 0 Å². The molecule has 1 heterocycles. The number of ether oxygens (including phenoxy) is 3. The van der Waals surface area contributed by atoms with E-state index in [-0.39, 0.29) is 5.97 Å². The van der Waals surface area contributed by atoms with Gasteiger partial charge in [-0.15, -0.1) is 0 Å². The zero-order chi connectivity index (χ0) is 15.0. The quantitative estimate of drug-likeness (QED) is 0.811. The second-order valence-electron chi connectivity index (χ2n) is 4.99. The maximum Gasteiger partial charge on any atom is 0.339 e. The Morgan fingerprint density at radius 3 is 2.38 bits per heavy atom. The summed E-state index contributed by atoms with van der Waals surface area (Å²) in [7, 11) is 3.13. The molecule has 0 spiro atoms. The van der Waals surface area contributed by atoms with E-state index in [1.54, 1.807) is 26.4 Å². The largest absolute Gasteiger partial charge is 0.497 e. The van der Waals surface area contributed by atoms with Gasteiger partial charge in [-0.05, 0) is 18.6 Å². The topological polar surface area (TPSA) is 44.8 Å². The van der Waals surface area contributed by atoms with Crippen molar-refractivity contribution in [2.24, 2.45) is 0 Å². The third-order valence-electron chi connectivity index (χ3n) is 3.66. The maximum atomic E-state index is 12.1. The van der Waals surface area contributed by atoms with Crippen molar-refractivity contribution in [3.8, 4) is 11.5 Å². The van der Waals surface area contributed by atoms with Gasteiger partial charge in [-0.25, -0.2) is 4.79 Å². The molecule has 0 aliphatic carbocycles. The Morgan fingerprint density at radius 2 is 1.76 bits per heavy atom. The molecule has 0 saturated carbocycles. The van der Waals surface area contributed by atoms with Gasteiger partial charge < -0.3 is 14.2 Å². The van der Waals surface area contributed by atoms with Gasteiger partial charge in [0.25, 0.3) is 0 Å². The summed E-state index contributed by atoms with van der Waals surface area (Å²) in [6.07, 6.45) is -0.436. The second-order valence-corrected chi connectivity index (χ2v) is 4.99. The number of fused-ring (bicyclic) bond motifs is 1. The van der Waals surface area contributed by atoms with E-state index >= 15 is 0 Å². The molecule has 4 heteroatoms. The number of cyclic esters (lactones) is 1. The molecule has 108 valence electrons. The highest BCUT2D eigenvalue weighted by atomic mass is 16.6. The summed E-state index contributed by atoms with van der Waals surface area (Å²) in [6, 6.07) is 11.4. The van der Waals surface area contributed by atoms with Crippen LogP contribution in [0.5, 0.6) is 11.5 Å². The fraction of sp³-hybridized carbons (Fsp3) is 0.235. The molecule has 1 atom stereocenters. The summed E-state index contributed by atoms with van der Waals surface area (Å²) in [5.74, 6) is 0.820. The van der Waals surface area contributed by atoms with Crippen molar-refractivity contribution in [3.05, 3.63) is 58.7 Å². The Morgan fingerprint density at radius 1 is 1.05 bits per heavy atom. The first-order chi connectivity index (χ1) is 10.1. The first-order valence-corrected chi connectivity index (χ1v) is 6.67. The van der Waals surface area contributed by atoms with Gasteiger partial charge in [0.1, 0.15) is 11.5 Å². The molecule has 0 unspecified atom stereocenters. The molecule has 1 aliphatic heterocycles. The number of methoxy groups -OCH3 is 2. The third-order valence-corrected chi connectivity index (χ3v) is 3.66. The molecule has 0 bridgehead atoms. The van der Waals surface area contributed by atoms with Crippen molar-refractivity contribution in [3.63, 3.8) is 0 Å². The fourth-order valence-corrected chi connectivity index (χ4v) is 2.53. The number of rotatable bonds is 3. The molecule has 0 fully saturated rings. The standard InChI is InChI=1S/C17H16O4/c1-10-4-6-11(7-5-10)16-15-13(17(18)21-16)8-12(19-2)9-14(15)20-3/h4-9,16H,1-3H3/t16-/m0/s1. The van der Waals surface area contributed by atoms with Crippen molar-refractivity contribution in [2.45, 2.75) is 13.0 Å². The van der Waals surface area contributed by atoms with Gasteiger partial charge >= 0.3 is 5.97 Å². The molecule has 4 nitrogen and oxygen atoms in total. The van der Waals surface area contributed by atoms with Crippen molar-refractivity contribution in [2.75, 3.05) is 14.2 Å². The highest BCUT2D eigenvalue weighted by molar-refractivity contribution is 5.96. The molecule has 0 aromatic heterocycles. The lowest BCUT2D eigenvalue weighted by Crippen LogP contribution is -2.02. The summed E-state index contributed by atoms with van der Waals surface area (Å²) >= 11 is 0. The minimum atomic E-state index is -0.436. The molecular formula is C17H16O4. The lowest BCUT2D eigenvalue weighted by atomic mass is 9.97. The minimum absolute atomic E-state index is 0.354. The number of carbonyl (C=O) groups excluding carboxylic acids is 1. The van der Waals surface area contributed by atoms with Crippen LogP contribution < -0.4 is 9.47 Å². The lowest BCUT2D eigenvalue weighted by Gasteiger charge is -2.15. The average Bonchev–Trinajstić information content (AvgIpc) is 2.84. The van der Waals surface area contributed by atoms with Gasteiger partial charge in [-0.3, -0.25) is 0 Å². The maximum absolute atomic E-state index is 12.1. The Balaban J connectivity index is 2.14. The highest BCUT2D eigenvalue weighted by Gasteiger charge is 2.36. The van der Waals surface area contributed by atoms with Gasteiger partial charge in [-0.1, -0.05) is 29.8 Å². The minimum Gasteiger partial charge on any atom is -0.497 e. The van der Waals surface area contributed by atoms with Crippen LogP contribution in [0.25, 0.3) is 0 Å². The second kappa shape index (κ2) is 5.13. The van der Waals surface area contributed by atoms with Crippen LogP contribution in [0.4, 0.5) is 0 Å². The van der Waals surface area contributed by atoms with Crippen LogP contribution in [-0.2, 0) is 4.74 Å². The van der Waals surface area contributed by atoms with E-state index in [9.17, 15) is 4.79 Å². The summed E-state index contributed by atoms with van der Waals surface area (Å²) < 4.78 is 16.1. The van der Waals surface area contributed by atoms with E-state index in [2.05, 4.69) is 0 Å². The van der Waals surface area contributed by atoms with Gasteiger partial charge in [0.2, 0.25) is 0 Å². The van der Waals surface area contributed by atoms with Gasteiger partial charge in [0.15, 0.2) is 6.10 Å². The normalized spacial score (nSPS) is 16.3. The molecule has 21 heavy (non-hydrogen) atoms. The zero-order valence-electron chi connectivity index (χ0n) is 12.2. The van der Waals surface area contributed by atoms with Crippen molar-refractivity contribution < 1.29 is 19.0 Å². The predicted molar refractivity (Wildman–Crippen MR) is 78.0 cm³/mol. The van der Waals surface area contributed by atoms with Crippen LogP contribution in [0, 0.1) is 6.92 Å². The number of aryl methyl sites for hydroxylation is 1. The van der Waals surface area contributed by atoms with E-state index in [1.807, 2.05) is 31.2 Å². The molecule has 3 rings (SSSR count). The number of carbonyl (C=O) groups is 1. The smallest absolute Gasteiger partial charge is 0.339 e. The van der Waals surface area contributed by atoms with E-state index in [1.165, 1.54) is 0 Å². The fourth-order valence-electron chi connectivity index (χ4n) is 2.53. The van der Waals surface area contributed by atoms with Crippen LogP contribution >= 0.6 is 0 Å². The van der Waals surface area contributed by atoms with Crippen LogP contribution in [0.15, 0.2) is 36.4 Å². The predicted octanol–water partition coefficient (Wildman–Crippen LogP) is 3.27. The molecule has 2 aromatic rings. The molecular weight excluding hydrogens is 268 g/mol. The van der Waals surface area contributed by atoms with E-state index in [4.69, 9.17) is 14.2 Å². The molecule has 2 aromatic carbocycles. The van der Waals surface area contributed by atoms with E-state index in [0.29, 0.717) is 17.1 Å². The Labute approximate surface area is 123 Å². The summed E-state index contributed by atoms with van der Waals surface area (Å²) in [5.41, 5.74) is 3.34. The zero-order valence-corrected chi connectivity index (χ0v) is 12.2. The summed E-state index contributed by atoms with van der Waals surface area (Å²) in [5, 5.41) is 0. The van der Waals surface area contributed by atoms with Crippen molar-refractivity contribution >= 4 is 5.97 Å². The SMILES string of the molecule is COc1cc(OC)c2c(c1)C(=O)O[C@H]2c1ccc(C)cc1. The molecule has 0 radical (unpaired) electrons. The Hall–Kier alpha value is -2.49. The number of benzene rings is 2. The lowest BCUT2D eigenvalue weighted by molar-refractivity contribution is 0.0454. The average molecular weight is 284 g/mol. The van der Waals surface area contributed by atoms with Crippen LogP contribution in [0.2, 0.25) is 0 Å². The van der Waals surface area contributed by atoms with E-state index < -0.39 is 6.10 Å². The molecule has 0 amide bonds. The summed E-state index contributed by atoms with van der Waals surface area (Å²) in [4.78, 5) is 12.1. The number of hydrogen-bond acceptors (Lipinski definition) is 4. The van der Waals surface area contributed by atoms with Gasteiger partial charge in [0, 0.05) is 6.07 Å². The van der Waals surface area contributed by atoms with Crippen molar-refractivity contribution in [1.82, 2.24) is 0 Å². The highest BCUT2D eigenvalue weighted by Crippen LogP contribution is 2.43. The van der Waals surface area contributed by atoms with Crippen LogP contribution in [-0.4, -0.2) is 20.2 Å². The van der Waals surface area contributed by atoms with Crippen LogP contribution in [0.1, 0.15) is 33.2 Å². The molecule has 0 N–H and O–H groups in total. The Kier molecular flexibility index (Phi) is 3.29. The van der Waals surface area contributed by atoms with Gasteiger partial charge in [0.05, 0.1) is 25.3 Å².